The van der Waals surface area contributed by atoms with Gasteiger partial charge in [0.2, 0.25) is 0 Å². The van der Waals surface area contributed by atoms with Crippen molar-refractivity contribution in [2.75, 3.05) is 26.7 Å². The van der Waals surface area contributed by atoms with E-state index in [0.29, 0.717) is 11.5 Å². The van der Waals surface area contributed by atoms with Gasteiger partial charge in [0.25, 0.3) is 0 Å². The number of alkyl halides is 3. The van der Waals surface area contributed by atoms with Gasteiger partial charge in [-0.3, -0.25) is 4.90 Å². The van der Waals surface area contributed by atoms with Crippen LogP contribution in [0.2, 0.25) is 0 Å². The first-order valence-electron chi connectivity index (χ1n) is 10.5. The van der Waals surface area contributed by atoms with Crippen molar-refractivity contribution in [3.05, 3.63) is 83.4 Å². The number of rotatable bonds is 5. The maximum atomic E-state index is 13.0. The summed E-state index contributed by atoms with van der Waals surface area (Å²) in [6.45, 7) is 4.72. The van der Waals surface area contributed by atoms with E-state index in [0.717, 1.165) is 48.8 Å². The summed E-state index contributed by atoms with van der Waals surface area (Å²) in [5, 5.41) is 2.34. The fourth-order valence-electron chi connectivity index (χ4n) is 4.20. The highest BCUT2D eigenvalue weighted by Crippen LogP contribution is 2.32. The molecule has 1 aliphatic heterocycles. The third kappa shape index (κ3) is 5.45. The first-order valence-corrected chi connectivity index (χ1v) is 10.5. The average Bonchev–Trinajstić information content (AvgIpc) is 2.78. The molecule has 0 amide bonds. The van der Waals surface area contributed by atoms with Crippen LogP contribution < -0.4 is 4.74 Å². The van der Waals surface area contributed by atoms with E-state index in [1.807, 2.05) is 12.1 Å². The summed E-state index contributed by atoms with van der Waals surface area (Å²) in [7, 11) is 1.67. The van der Waals surface area contributed by atoms with Crippen LogP contribution in [0.1, 0.15) is 36.0 Å². The van der Waals surface area contributed by atoms with Gasteiger partial charge in [0.15, 0.2) is 0 Å². The van der Waals surface area contributed by atoms with Crippen LogP contribution in [0.3, 0.4) is 0 Å². The zero-order chi connectivity index (χ0) is 22.0. The lowest BCUT2D eigenvalue weighted by atomic mass is 9.95. The topological polar surface area (TPSA) is 12.5 Å². The Kier molecular flexibility index (Phi) is 7.52. The minimum absolute atomic E-state index is 0. The summed E-state index contributed by atoms with van der Waals surface area (Å²) in [5.74, 6) is 1.21. The quantitative estimate of drug-likeness (QED) is 0.399. The van der Waals surface area contributed by atoms with E-state index in [-0.39, 0.29) is 12.4 Å². The van der Waals surface area contributed by atoms with E-state index < -0.39 is 11.7 Å². The van der Waals surface area contributed by atoms with Gasteiger partial charge in [0, 0.05) is 19.6 Å². The molecule has 0 bridgehead atoms. The molecule has 3 aromatic carbocycles. The molecule has 0 radical (unpaired) electrons. The fourth-order valence-corrected chi connectivity index (χ4v) is 4.20. The summed E-state index contributed by atoms with van der Waals surface area (Å²) >= 11 is 0. The SMILES string of the molecule is COc1ccc2cc(C(C)CN3CC=C(c4cccc(C(F)(F)F)c4)CC3)ccc2c1.Cl. The molecular weight excluding hydrogens is 435 g/mol. The first-order chi connectivity index (χ1) is 14.8. The van der Waals surface area contributed by atoms with Crippen LogP contribution in [-0.4, -0.2) is 31.6 Å². The summed E-state index contributed by atoms with van der Waals surface area (Å²) < 4.78 is 44.3. The van der Waals surface area contributed by atoms with Crippen molar-refractivity contribution in [2.45, 2.75) is 25.4 Å². The van der Waals surface area contributed by atoms with E-state index >= 15 is 0 Å². The van der Waals surface area contributed by atoms with Crippen molar-refractivity contribution in [1.82, 2.24) is 4.90 Å². The van der Waals surface area contributed by atoms with Crippen molar-refractivity contribution in [1.29, 1.82) is 0 Å². The number of benzene rings is 3. The molecule has 32 heavy (non-hydrogen) atoms. The largest absolute Gasteiger partial charge is 0.497 e. The second kappa shape index (κ2) is 9.97. The van der Waals surface area contributed by atoms with Crippen LogP contribution in [0.4, 0.5) is 13.2 Å². The Balaban J connectivity index is 0.00000289. The third-order valence-electron chi connectivity index (χ3n) is 6.03. The molecule has 170 valence electrons. The number of fused-ring (bicyclic) bond motifs is 1. The molecule has 2 nitrogen and oxygen atoms in total. The van der Waals surface area contributed by atoms with Gasteiger partial charge in [0.05, 0.1) is 12.7 Å². The molecule has 3 aromatic rings. The van der Waals surface area contributed by atoms with Gasteiger partial charge in [-0.05, 0) is 64.1 Å². The smallest absolute Gasteiger partial charge is 0.416 e. The summed E-state index contributed by atoms with van der Waals surface area (Å²) in [6, 6.07) is 18.3. The lowest BCUT2D eigenvalue weighted by Gasteiger charge is -2.29. The maximum absolute atomic E-state index is 13.0. The van der Waals surface area contributed by atoms with Gasteiger partial charge in [-0.25, -0.2) is 0 Å². The molecule has 0 aromatic heterocycles. The second-order valence-electron chi connectivity index (χ2n) is 8.19. The molecule has 0 N–H and O–H groups in total. The minimum Gasteiger partial charge on any atom is -0.497 e. The van der Waals surface area contributed by atoms with Crippen molar-refractivity contribution >= 4 is 28.8 Å². The van der Waals surface area contributed by atoms with E-state index in [1.54, 1.807) is 13.2 Å². The van der Waals surface area contributed by atoms with E-state index in [1.165, 1.54) is 23.1 Å². The van der Waals surface area contributed by atoms with Gasteiger partial charge in [0.1, 0.15) is 5.75 Å². The van der Waals surface area contributed by atoms with Gasteiger partial charge in [-0.15, -0.1) is 12.4 Å². The number of halogens is 4. The molecule has 0 saturated heterocycles. The lowest BCUT2D eigenvalue weighted by molar-refractivity contribution is -0.137. The predicted octanol–water partition coefficient (Wildman–Crippen LogP) is 7.18. The molecule has 1 unspecified atom stereocenters. The molecule has 1 aliphatic rings. The number of hydrogen-bond donors (Lipinski definition) is 0. The molecular formula is C26H27ClF3NO. The Morgan fingerprint density at radius 1 is 1.00 bits per heavy atom. The number of methoxy groups -OCH3 is 1. The van der Waals surface area contributed by atoms with E-state index in [4.69, 9.17) is 4.74 Å². The van der Waals surface area contributed by atoms with Crippen molar-refractivity contribution < 1.29 is 17.9 Å². The van der Waals surface area contributed by atoms with Crippen molar-refractivity contribution in [3.8, 4) is 5.75 Å². The normalized spacial score (nSPS) is 15.7. The molecule has 0 fully saturated rings. The number of nitrogens with zero attached hydrogens (tertiary/aromatic N) is 1. The summed E-state index contributed by atoms with van der Waals surface area (Å²) in [4.78, 5) is 2.36. The first kappa shape index (κ1) is 24.1. The van der Waals surface area contributed by atoms with Crippen LogP contribution in [-0.2, 0) is 6.18 Å². The molecule has 0 spiro atoms. The number of ether oxygens (including phenoxy) is 1. The standard InChI is InChI=1S/C26H26F3NO.ClH/c1-18(20-6-7-23-16-25(31-2)9-8-22(23)14-20)17-30-12-10-19(11-13-30)21-4-3-5-24(15-21)26(27,28)29;/h3-10,14-16,18H,11-13,17H2,1-2H3;1H. The highest BCUT2D eigenvalue weighted by atomic mass is 35.5. The monoisotopic (exact) mass is 461 g/mol. The van der Waals surface area contributed by atoms with Gasteiger partial charge in [-0.2, -0.15) is 13.2 Å². The fraction of sp³-hybridized carbons (Fsp3) is 0.308. The minimum atomic E-state index is -4.31. The van der Waals surface area contributed by atoms with Crippen molar-refractivity contribution in [2.24, 2.45) is 0 Å². The molecule has 1 atom stereocenters. The predicted molar refractivity (Wildman–Crippen MR) is 127 cm³/mol. The highest BCUT2D eigenvalue weighted by Gasteiger charge is 2.30. The van der Waals surface area contributed by atoms with Crippen LogP contribution in [0.15, 0.2) is 66.7 Å². The molecule has 0 saturated carbocycles. The average molecular weight is 462 g/mol. The van der Waals surface area contributed by atoms with Gasteiger partial charge >= 0.3 is 6.18 Å². The zero-order valence-electron chi connectivity index (χ0n) is 18.2. The molecule has 0 aliphatic carbocycles. The molecule has 1 heterocycles. The summed E-state index contributed by atoms with van der Waals surface area (Å²) in [5.41, 5.74) is 2.36. The van der Waals surface area contributed by atoms with Crippen LogP contribution in [0.5, 0.6) is 5.75 Å². The Bertz CT molecular complexity index is 1110. The molecule has 4 rings (SSSR count). The molecule has 6 heteroatoms. The van der Waals surface area contributed by atoms with Gasteiger partial charge < -0.3 is 4.74 Å². The number of hydrogen-bond acceptors (Lipinski definition) is 2. The third-order valence-corrected chi connectivity index (χ3v) is 6.03. The van der Waals surface area contributed by atoms with E-state index in [2.05, 4.69) is 42.2 Å². The van der Waals surface area contributed by atoms with E-state index in [9.17, 15) is 13.2 Å². The van der Waals surface area contributed by atoms with Crippen LogP contribution in [0, 0.1) is 0 Å². The van der Waals surface area contributed by atoms with Crippen LogP contribution in [0.25, 0.3) is 16.3 Å². The second-order valence-corrected chi connectivity index (χ2v) is 8.19. The van der Waals surface area contributed by atoms with Crippen LogP contribution >= 0.6 is 12.4 Å². The van der Waals surface area contributed by atoms with Crippen molar-refractivity contribution in [3.63, 3.8) is 0 Å². The van der Waals surface area contributed by atoms with Gasteiger partial charge in [-0.1, -0.05) is 49.4 Å². The lowest BCUT2D eigenvalue weighted by Crippen LogP contribution is -2.32. The Labute approximate surface area is 193 Å². The Morgan fingerprint density at radius 2 is 1.75 bits per heavy atom. The maximum Gasteiger partial charge on any atom is 0.416 e. The Hall–Kier alpha value is -2.50. The highest BCUT2D eigenvalue weighted by molar-refractivity contribution is 5.85. The Morgan fingerprint density at radius 3 is 2.44 bits per heavy atom. The zero-order valence-corrected chi connectivity index (χ0v) is 19.0. The summed E-state index contributed by atoms with van der Waals surface area (Å²) in [6.07, 6.45) is -1.48.